The molecular formula is C16H25NO. The van der Waals surface area contributed by atoms with E-state index < -0.39 is 0 Å². The van der Waals surface area contributed by atoms with Crippen molar-refractivity contribution in [3.8, 4) is 5.75 Å². The Labute approximate surface area is 111 Å². The highest BCUT2D eigenvalue weighted by molar-refractivity contribution is 5.36. The number of rotatable bonds is 3. The van der Waals surface area contributed by atoms with Gasteiger partial charge in [0.2, 0.25) is 0 Å². The molecule has 1 N–H and O–H groups in total. The van der Waals surface area contributed by atoms with Crippen LogP contribution in [0.5, 0.6) is 5.75 Å². The molecule has 0 radical (unpaired) electrons. The molecule has 1 aromatic rings. The van der Waals surface area contributed by atoms with Gasteiger partial charge in [0.1, 0.15) is 11.9 Å². The number of ether oxygens (including phenoxy) is 1. The van der Waals surface area contributed by atoms with Gasteiger partial charge in [-0.2, -0.15) is 0 Å². The van der Waals surface area contributed by atoms with E-state index in [1.807, 2.05) is 0 Å². The van der Waals surface area contributed by atoms with Crippen LogP contribution in [0.2, 0.25) is 0 Å². The van der Waals surface area contributed by atoms with Gasteiger partial charge in [-0.3, -0.25) is 0 Å². The molecule has 1 aliphatic heterocycles. The average molecular weight is 247 g/mol. The summed E-state index contributed by atoms with van der Waals surface area (Å²) in [7, 11) is 0. The molecular weight excluding hydrogens is 222 g/mol. The van der Waals surface area contributed by atoms with Crippen LogP contribution in [-0.4, -0.2) is 18.7 Å². The van der Waals surface area contributed by atoms with Gasteiger partial charge >= 0.3 is 0 Å². The van der Waals surface area contributed by atoms with Crippen molar-refractivity contribution in [2.24, 2.45) is 0 Å². The van der Waals surface area contributed by atoms with Gasteiger partial charge in [-0.25, -0.2) is 0 Å². The fraction of sp³-hybridized carbons (Fsp3) is 0.625. The van der Waals surface area contributed by atoms with E-state index in [0.29, 0.717) is 18.1 Å². The van der Waals surface area contributed by atoms with Crippen LogP contribution in [-0.2, 0) is 0 Å². The minimum atomic E-state index is 0.366. The number of hydrogen-bond acceptors (Lipinski definition) is 2. The summed E-state index contributed by atoms with van der Waals surface area (Å²) in [5.41, 5.74) is 2.76. The lowest BCUT2D eigenvalue weighted by atomic mass is 9.98. The minimum absolute atomic E-state index is 0.366. The molecule has 2 heteroatoms. The van der Waals surface area contributed by atoms with E-state index in [1.54, 1.807) is 0 Å². The van der Waals surface area contributed by atoms with E-state index in [9.17, 15) is 0 Å². The van der Waals surface area contributed by atoms with Crippen LogP contribution in [0.1, 0.15) is 50.7 Å². The molecule has 18 heavy (non-hydrogen) atoms. The van der Waals surface area contributed by atoms with Gasteiger partial charge in [0.25, 0.3) is 0 Å². The highest BCUT2D eigenvalue weighted by Crippen LogP contribution is 2.25. The molecule has 0 spiro atoms. The third-order valence-corrected chi connectivity index (χ3v) is 3.74. The smallest absolute Gasteiger partial charge is 0.120 e. The van der Waals surface area contributed by atoms with E-state index in [0.717, 1.165) is 25.1 Å². The van der Waals surface area contributed by atoms with Crippen molar-refractivity contribution < 1.29 is 4.74 Å². The molecule has 2 rings (SSSR count). The van der Waals surface area contributed by atoms with E-state index in [-0.39, 0.29) is 0 Å². The Morgan fingerprint density at radius 2 is 2.11 bits per heavy atom. The average Bonchev–Trinajstić information content (AvgIpc) is 2.28. The second-order valence-electron chi connectivity index (χ2n) is 5.79. The molecule has 0 amide bonds. The molecule has 0 bridgehead atoms. The molecule has 1 fully saturated rings. The summed E-state index contributed by atoms with van der Waals surface area (Å²) in [5.74, 6) is 1.61. The van der Waals surface area contributed by atoms with Gasteiger partial charge in [0.15, 0.2) is 0 Å². The molecule has 2 unspecified atom stereocenters. The quantitative estimate of drug-likeness (QED) is 0.880. The fourth-order valence-corrected chi connectivity index (χ4v) is 2.76. The van der Waals surface area contributed by atoms with Crippen molar-refractivity contribution in [2.75, 3.05) is 6.54 Å². The molecule has 1 aromatic carbocycles. The maximum atomic E-state index is 6.10. The molecule has 0 aliphatic carbocycles. The SMILES string of the molecule is Cc1cc(OC2CCNC(C)C2)ccc1C(C)C. The Bertz CT molecular complexity index is 400. The zero-order valence-corrected chi connectivity index (χ0v) is 12.0. The van der Waals surface area contributed by atoms with E-state index in [4.69, 9.17) is 4.74 Å². The number of nitrogens with one attached hydrogen (secondary N) is 1. The lowest BCUT2D eigenvalue weighted by Crippen LogP contribution is -2.40. The van der Waals surface area contributed by atoms with Crippen LogP contribution in [0, 0.1) is 6.92 Å². The molecule has 1 heterocycles. The van der Waals surface area contributed by atoms with Gasteiger partial charge in [0, 0.05) is 6.04 Å². The van der Waals surface area contributed by atoms with Crippen LogP contribution in [0.25, 0.3) is 0 Å². The molecule has 100 valence electrons. The molecule has 1 aliphatic rings. The lowest BCUT2D eigenvalue weighted by molar-refractivity contribution is 0.144. The van der Waals surface area contributed by atoms with Gasteiger partial charge in [-0.1, -0.05) is 19.9 Å². The standard InChI is InChI=1S/C16H25NO/c1-11(2)16-6-5-14(9-12(16)3)18-15-7-8-17-13(4)10-15/h5-6,9,11,13,15,17H,7-8,10H2,1-4H3. The van der Waals surface area contributed by atoms with E-state index >= 15 is 0 Å². The fourth-order valence-electron chi connectivity index (χ4n) is 2.76. The summed E-state index contributed by atoms with van der Waals surface area (Å²) in [6.07, 6.45) is 2.57. The highest BCUT2D eigenvalue weighted by atomic mass is 16.5. The Balaban J connectivity index is 2.03. The van der Waals surface area contributed by atoms with Crippen molar-refractivity contribution in [3.05, 3.63) is 29.3 Å². The number of aryl methyl sites for hydroxylation is 1. The number of hydrogen-bond donors (Lipinski definition) is 1. The summed E-state index contributed by atoms with van der Waals surface area (Å²) in [6, 6.07) is 7.08. The van der Waals surface area contributed by atoms with Crippen molar-refractivity contribution in [2.45, 2.75) is 58.6 Å². The second kappa shape index (κ2) is 5.75. The third kappa shape index (κ3) is 3.26. The number of benzene rings is 1. The summed E-state index contributed by atoms with van der Waals surface area (Å²) >= 11 is 0. The maximum Gasteiger partial charge on any atom is 0.120 e. The normalized spacial score (nSPS) is 24.3. The Kier molecular flexibility index (Phi) is 4.28. The lowest BCUT2D eigenvalue weighted by Gasteiger charge is -2.28. The predicted molar refractivity (Wildman–Crippen MR) is 76.4 cm³/mol. The molecule has 2 atom stereocenters. The van der Waals surface area contributed by atoms with Gasteiger partial charge in [-0.15, -0.1) is 0 Å². The van der Waals surface area contributed by atoms with Crippen LogP contribution in [0.15, 0.2) is 18.2 Å². The molecule has 1 saturated heterocycles. The summed E-state index contributed by atoms with van der Waals surface area (Å²) < 4.78 is 6.10. The first-order valence-electron chi connectivity index (χ1n) is 7.07. The van der Waals surface area contributed by atoms with Crippen LogP contribution in [0.4, 0.5) is 0 Å². The topological polar surface area (TPSA) is 21.3 Å². The van der Waals surface area contributed by atoms with Gasteiger partial charge in [-0.05, 0) is 62.4 Å². The predicted octanol–water partition coefficient (Wildman–Crippen LogP) is 3.64. The van der Waals surface area contributed by atoms with E-state index in [1.165, 1.54) is 11.1 Å². The first kappa shape index (κ1) is 13.4. The zero-order chi connectivity index (χ0) is 13.1. The first-order valence-corrected chi connectivity index (χ1v) is 7.07. The van der Waals surface area contributed by atoms with E-state index in [2.05, 4.69) is 51.2 Å². The molecule has 0 saturated carbocycles. The summed E-state index contributed by atoms with van der Waals surface area (Å²) in [4.78, 5) is 0. The Morgan fingerprint density at radius 1 is 1.33 bits per heavy atom. The van der Waals surface area contributed by atoms with Crippen molar-refractivity contribution in [3.63, 3.8) is 0 Å². The molecule has 0 aromatic heterocycles. The Morgan fingerprint density at radius 3 is 2.72 bits per heavy atom. The minimum Gasteiger partial charge on any atom is -0.490 e. The third-order valence-electron chi connectivity index (χ3n) is 3.74. The van der Waals surface area contributed by atoms with Crippen molar-refractivity contribution >= 4 is 0 Å². The van der Waals surface area contributed by atoms with Crippen molar-refractivity contribution in [1.29, 1.82) is 0 Å². The van der Waals surface area contributed by atoms with Gasteiger partial charge < -0.3 is 10.1 Å². The first-order chi connectivity index (χ1) is 8.56. The van der Waals surface area contributed by atoms with Crippen molar-refractivity contribution in [1.82, 2.24) is 5.32 Å². The van der Waals surface area contributed by atoms with Crippen LogP contribution < -0.4 is 10.1 Å². The number of piperidine rings is 1. The summed E-state index contributed by atoms with van der Waals surface area (Å²) in [5, 5.41) is 3.45. The molecule has 2 nitrogen and oxygen atoms in total. The second-order valence-corrected chi connectivity index (χ2v) is 5.79. The zero-order valence-electron chi connectivity index (χ0n) is 12.0. The highest BCUT2D eigenvalue weighted by Gasteiger charge is 2.19. The Hall–Kier alpha value is -1.02. The summed E-state index contributed by atoms with van der Waals surface area (Å²) in [6.45, 7) is 9.93. The van der Waals surface area contributed by atoms with Gasteiger partial charge in [0.05, 0.1) is 0 Å². The largest absolute Gasteiger partial charge is 0.490 e. The maximum absolute atomic E-state index is 6.10. The van der Waals surface area contributed by atoms with Crippen LogP contribution >= 0.6 is 0 Å². The monoisotopic (exact) mass is 247 g/mol. The van der Waals surface area contributed by atoms with Crippen LogP contribution in [0.3, 0.4) is 0 Å².